The average molecular weight is 811 g/mol. The lowest BCUT2D eigenvalue weighted by molar-refractivity contribution is 0.0601. The van der Waals surface area contributed by atoms with Gasteiger partial charge in [0.15, 0.2) is 5.82 Å². The van der Waals surface area contributed by atoms with Crippen molar-refractivity contribution < 1.29 is 9.53 Å². The van der Waals surface area contributed by atoms with E-state index in [0.29, 0.717) is 23.8 Å². The van der Waals surface area contributed by atoms with Crippen molar-refractivity contribution in [1.29, 1.82) is 0 Å². The summed E-state index contributed by atoms with van der Waals surface area (Å²) in [4.78, 5) is 19.6. The second kappa shape index (κ2) is 16.3. The number of hydrogen-bond acceptors (Lipinski definition) is 7. The van der Waals surface area contributed by atoms with Gasteiger partial charge in [-0.3, -0.25) is 0 Å². The molecule has 0 aliphatic carbocycles. The molecule has 8 nitrogen and oxygen atoms in total. The summed E-state index contributed by atoms with van der Waals surface area (Å²) < 4.78 is 7.97. The molecule has 2 heterocycles. The van der Waals surface area contributed by atoms with Gasteiger partial charge in [-0.15, -0.1) is 5.10 Å². The zero-order valence-corrected chi connectivity index (χ0v) is 31.8. The fraction of sp³-hybridized carbons (Fsp3) is 0.159. The summed E-state index contributed by atoms with van der Waals surface area (Å²) in [5.74, 6) is 0.885. The molecule has 0 fully saturated rings. The van der Waals surface area contributed by atoms with Crippen LogP contribution in [0.15, 0.2) is 152 Å². The SMILES string of the molecule is CCCCN(Cc1ccc(-c2ccccc2-c2nnnn2C(c2ccccc2)(c2ccccc2)c2ccccc2)cc1)c1ncc(I)cc1C(=O)OC. The summed E-state index contributed by atoms with van der Waals surface area (Å²) >= 11 is 2.18. The first-order valence-corrected chi connectivity index (χ1v) is 18.8. The van der Waals surface area contributed by atoms with Gasteiger partial charge < -0.3 is 9.64 Å². The van der Waals surface area contributed by atoms with Crippen molar-refractivity contribution in [2.75, 3.05) is 18.6 Å². The summed E-state index contributed by atoms with van der Waals surface area (Å²) in [7, 11) is 1.41. The standard InChI is InChI=1S/C44H39IN6O2/c1-3-4-28-50(41-40(43(52)53-2)29-37(45)30-46-41)31-32-24-26-33(27-25-32)38-22-14-15-23-39(38)42-47-48-49-51(42)44(34-16-8-5-9-17-34,35-18-10-6-11-19-35)36-20-12-7-13-21-36/h5-27,29-30H,3-4,28,31H2,1-2H3. The van der Waals surface area contributed by atoms with E-state index in [2.05, 4.69) is 149 Å². The highest BCUT2D eigenvalue weighted by molar-refractivity contribution is 14.1. The normalized spacial score (nSPS) is 11.3. The Kier molecular flexibility index (Phi) is 11.0. The Balaban J connectivity index is 1.30. The van der Waals surface area contributed by atoms with Gasteiger partial charge in [-0.1, -0.05) is 153 Å². The van der Waals surface area contributed by atoms with Gasteiger partial charge in [-0.25, -0.2) is 14.5 Å². The quantitative estimate of drug-likeness (QED) is 0.0652. The van der Waals surface area contributed by atoms with Crippen LogP contribution in [0.3, 0.4) is 0 Å². The van der Waals surface area contributed by atoms with Crippen molar-refractivity contribution in [3.8, 4) is 22.5 Å². The highest BCUT2D eigenvalue weighted by atomic mass is 127. The van der Waals surface area contributed by atoms with Gasteiger partial charge in [0.05, 0.1) is 7.11 Å². The number of ether oxygens (including phenoxy) is 1. The van der Waals surface area contributed by atoms with E-state index in [1.165, 1.54) is 7.11 Å². The molecule has 2 aromatic heterocycles. The Morgan fingerprint density at radius 1 is 0.774 bits per heavy atom. The maximum absolute atomic E-state index is 12.8. The molecule has 0 amide bonds. The summed E-state index contributed by atoms with van der Waals surface area (Å²) in [5, 5.41) is 13.8. The molecule has 53 heavy (non-hydrogen) atoms. The third-order valence-corrected chi connectivity index (χ3v) is 10.1. The van der Waals surface area contributed by atoms with Crippen LogP contribution in [0.2, 0.25) is 0 Å². The predicted molar refractivity (Wildman–Crippen MR) is 218 cm³/mol. The summed E-state index contributed by atoms with van der Waals surface area (Å²) in [6, 6.07) is 49.9. The Morgan fingerprint density at radius 2 is 1.34 bits per heavy atom. The van der Waals surface area contributed by atoms with Crippen molar-refractivity contribution in [1.82, 2.24) is 25.2 Å². The third kappa shape index (κ3) is 7.21. The zero-order valence-electron chi connectivity index (χ0n) is 29.6. The molecule has 5 aromatic carbocycles. The second-order valence-electron chi connectivity index (χ2n) is 12.8. The first-order chi connectivity index (χ1) is 26.0. The Hall–Kier alpha value is -5.68. The molecule has 0 radical (unpaired) electrons. The largest absolute Gasteiger partial charge is 0.465 e. The van der Waals surface area contributed by atoms with Gasteiger partial charge in [0.25, 0.3) is 0 Å². The number of carbonyl (C=O) groups excluding carboxylic acids is 1. The van der Waals surface area contributed by atoms with Gasteiger partial charge in [-0.05, 0) is 78.9 Å². The Bertz CT molecular complexity index is 2180. The van der Waals surface area contributed by atoms with Gasteiger partial charge in [-0.2, -0.15) is 0 Å². The van der Waals surface area contributed by atoms with E-state index in [-0.39, 0.29) is 0 Å². The molecule has 0 N–H and O–H groups in total. The topological polar surface area (TPSA) is 86.0 Å². The van der Waals surface area contributed by atoms with E-state index >= 15 is 0 Å². The fourth-order valence-corrected chi connectivity index (χ4v) is 7.43. The Morgan fingerprint density at radius 3 is 1.91 bits per heavy atom. The number of hydrogen-bond donors (Lipinski definition) is 0. The predicted octanol–water partition coefficient (Wildman–Crippen LogP) is 9.44. The molecule has 0 spiro atoms. The molecule has 7 rings (SSSR count). The van der Waals surface area contributed by atoms with Crippen LogP contribution in [0.1, 0.15) is 52.4 Å². The number of benzene rings is 5. The number of carbonyl (C=O) groups is 1. The number of methoxy groups -OCH3 is 1. The minimum atomic E-state index is -0.867. The number of tetrazole rings is 1. The fourth-order valence-electron chi connectivity index (χ4n) is 6.98. The average Bonchev–Trinajstić information content (AvgIpc) is 3.71. The summed E-state index contributed by atoms with van der Waals surface area (Å²) in [6.07, 6.45) is 3.77. The van der Waals surface area contributed by atoms with E-state index < -0.39 is 11.5 Å². The number of unbranched alkanes of at least 4 members (excludes halogenated alkanes) is 1. The highest BCUT2D eigenvalue weighted by Gasteiger charge is 2.42. The lowest BCUT2D eigenvalue weighted by Crippen LogP contribution is -2.39. The number of nitrogens with zero attached hydrogens (tertiary/aromatic N) is 6. The molecule has 0 atom stereocenters. The third-order valence-electron chi connectivity index (χ3n) is 9.49. The van der Waals surface area contributed by atoms with Crippen molar-refractivity contribution in [3.05, 3.63) is 183 Å². The number of pyridine rings is 1. The molecule has 0 aliphatic rings. The van der Waals surface area contributed by atoms with Crippen molar-refractivity contribution in [2.24, 2.45) is 0 Å². The van der Waals surface area contributed by atoms with Gasteiger partial charge in [0.2, 0.25) is 0 Å². The van der Waals surface area contributed by atoms with Gasteiger partial charge in [0.1, 0.15) is 16.9 Å². The van der Waals surface area contributed by atoms with Crippen LogP contribution >= 0.6 is 22.6 Å². The molecule has 7 aromatic rings. The molecule has 0 saturated carbocycles. The van der Waals surface area contributed by atoms with E-state index in [1.54, 1.807) is 6.20 Å². The number of anilines is 1. The van der Waals surface area contributed by atoms with Crippen LogP contribution in [0.4, 0.5) is 5.82 Å². The van der Waals surface area contributed by atoms with Gasteiger partial charge >= 0.3 is 5.97 Å². The summed E-state index contributed by atoms with van der Waals surface area (Å²) in [6.45, 7) is 3.51. The second-order valence-corrected chi connectivity index (χ2v) is 14.0. The minimum Gasteiger partial charge on any atom is -0.465 e. The number of rotatable bonds is 13. The van der Waals surface area contributed by atoms with Crippen LogP contribution in [0.5, 0.6) is 0 Å². The maximum atomic E-state index is 12.8. The first kappa shape index (κ1) is 35.7. The lowest BCUT2D eigenvalue weighted by Gasteiger charge is -2.36. The molecule has 0 bridgehead atoms. The molecule has 264 valence electrons. The molecular formula is C44H39IN6O2. The van der Waals surface area contributed by atoms with E-state index in [0.717, 1.165) is 61.9 Å². The number of esters is 1. The van der Waals surface area contributed by atoms with Gasteiger partial charge in [0, 0.05) is 28.4 Å². The molecular weight excluding hydrogens is 771 g/mol. The molecule has 0 aliphatic heterocycles. The number of aromatic nitrogens is 5. The molecule has 0 saturated heterocycles. The van der Waals surface area contributed by atoms with Crippen molar-refractivity contribution >= 4 is 34.4 Å². The van der Waals surface area contributed by atoms with Crippen LogP contribution < -0.4 is 4.90 Å². The van der Waals surface area contributed by atoms with Crippen molar-refractivity contribution in [3.63, 3.8) is 0 Å². The first-order valence-electron chi connectivity index (χ1n) is 17.7. The lowest BCUT2D eigenvalue weighted by atomic mass is 9.77. The van der Waals surface area contributed by atoms with Crippen molar-refractivity contribution in [2.45, 2.75) is 31.8 Å². The van der Waals surface area contributed by atoms with Crippen LogP contribution in [0.25, 0.3) is 22.5 Å². The monoisotopic (exact) mass is 810 g/mol. The zero-order chi connectivity index (χ0) is 36.6. The molecule has 0 unspecified atom stereocenters. The smallest absolute Gasteiger partial charge is 0.341 e. The molecule has 9 heteroatoms. The van der Waals surface area contributed by atoms with E-state index in [1.807, 2.05) is 41.1 Å². The minimum absolute atomic E-state index is 0.391. The highest BCUT2D eigenvalue weighted by Crippen LogP contribution is 2.43. The summed E-state index contributed by atoms with van der Waals surface area (Å²) in [5.41, 5.74) is 6.77. The Labute approximate surface area is 323 Å². The number of halogens is 1. The van der Waals surface area contributed by atoms with Crippen LogP contribution in [-0.2, 0) is 16.8 Å². The maximum Gasteiger partial charge on any atom is 0.341 e. The van der Waals surface area contributed by atoms with Crippen LogP contribution in [0, 0.1) is 3.57 Å². The van der Waals surface area contributed by atoms with E-state index in [4.69, 9.17) is 20.0 Å². The van der Waals surface area contributed by atoms with Crippen LogP contribution in [-0.4, -0.2) is 44.8 Å². The van der Waals surface area contributed by atoms with E-state index in [9.17, 15) is 4.79 Å².